The normalized spacial score (nSPS) is 39.2. The fourth-order valence-corrected chi connectivity index (χ4v) is 2.75. The number of likely N-dealkylation sites (tertiary alicyclic amines) is 1. The minimum absolute atomic E-state index is 0.0529. The van der Waals surface area contributed by atoms with E-state index in [-0.39, 0.29) is 31.8 Å². The Morgan fingerprint density at radius 3 is 2.53 bits per heavy atom. The lowest BCUT2D eigenvalue weighted by Gasteiger charge is -2.39. The number of alkyl halides is 1. The fourth-order valence-electron chi connectivity index (χ4n) is 2.75. The third kappa shape index (κ3) is 1.50. The fraction of sp³-hybridized carbons (Fsp3) is 0.800. The van der Waals surface area contributed by atoms with E-state index in [4.69, 9.17) is 5.11 Å². The van der Waals surface area contributed by atoms with Gasteiger partial charge in [0.1, 0.15) is 5.67 Å². The van der Waals surface area contributed by atoms with E-state index in [1.807, 2.05) is 0 Å². The summed E-state index contributed by atoms with van der Waals surface area (Å²) >= 11 is 0. The number of piperidine rings is 1. The lowest BCUT2D eigenvalue weighted by Crippen LogP contribution is -2.53. The molecule has 15 heavy (non-hydrogen) atoms. The van der Waals surface area contributed by atoms with Crippen molar-refractivity contribution in [2.75, 3.05) is 13.1 Å². The highest BCUT2D eigenvalue weighted by Crippen LogP contribution is 2.50. The summed E-state index contributed by atoms with van der Waals surface area (Å²) in [6.45, 7) is 1.56. The first-order valence-corrected chi connectivity index (χ1v) is 5.05. The summed E-state index contributed by atoms with van der Waals surface area (Å²) in [5.41, 5.74) is -2.53. The van der Waals surface area contributed by atoms with Gasteiger partial charge < -0.3 is 10.0 Å². The predicted molar refractivity (Wildman–Crippen MR) is 50.0 cm³/mol. The number of aliphatic carboxylic acids is 1. The van der Waals surface area contributed by atoms with Crippen LogP contribution in [0.2, 0.25) is 0 Å². The molecule has 0 aromatic heterocycles. The van der Waals surface area contributed by atoms with Crippen LogP contribution in [0, 0.1) is 5.41 Å². The van der Waals surface area contributed by atoms with Crippen LogP contribution < -0.4 is 0 Å². The number of carboxylic acids is 1. The zero-order valence-corrected chi connectivity index (χ0v) is 8.62. The van der Waals surface area contributed by atoms with E-state index in [0.29, 0.717) is 6.42 Å². The Labute approximate surface area is 87.1 Å². The average molecular weight is 215 g/mol. The molecule has 1 heterocycles. The van der Waals surface area contributed by atoms with Crippen molar-refractivity contribution in [2.24, 2.45) is 5.41 Å². The van der Waals surface area contributed by atoms with Crippen LogP contribution in [0.4, 0.5) is 4.39 Å². The number of amides is 1. The first-order valence-electron chi connectivity index (χ1n) is 5.05. The molecule has 2 unspecified atom stereocenters. The van der Waals surface area contributed by atoms with Gasteiger partial charge in [-0.15, -0.1) is 0 Å². The van der Waals surface area contributed by atoms with Crippen molar-refractivity contribution in [1.29, 1.82) is 0 Å². The highest BCUT2D eigenvalue weighted by Gasteiger charge is 2.58. The number of halogens is 1. The van der Waals surface area contributed by atoms with E-state index < -0.39 is 17.1 Å². The molecule has 0 spiro atoms. The highest BCUT2D eigenvalue weighted by atomic mass is 19.1. The molecule has 0 aromatic rings. The molecule has 1 aliphatic carbocycles. The summed E-state index contributed by atoms with van der Waals surface area (Å²) in [7, 11) is 0. The minimum atomic E-state index is -1.48. The van der Waals surface area contributed by atoms with Gasteiger partial charge in [-0.25, -0.2) is 4.39 Å². The second-order valence-electron chi connectivity index (χ2n) is 4.79. The summed E-state index contributed by atoms with van der Waals surface area (Å²) < 4.78 is 14.1. The van der Waals surface area contributed by atoms with Gasteiger partial charge in [-0.3, -0.25) is 9.59 Å². The molecule has 1 saturated heterocycles. The van der Waals surface area contributed by atoms with E-state index in [1.165, 1.54) is 11.8 Å². The molecule has 2 rings (SSSR count). The summed E-state index contributed by atoms with van der Waals surface area (Å²) in [6.07, 6.45) is 0.644. The largest absolute Gasteiger partial charge is 0.481 e. The van der Waals surface area contributed by atoms with Gasteiger partial charge in [-0.2, -0.15) is 0 Å². The van der Waals surface area contributed by atoms with Gasteiger partial charge in [0.2, 0.25) is 5.91 Å². The molecule has 1 saturated carbocycles. The van der Waals surface area contributed by atoms with E-state index in [0.717, 1.165) is 0 Å². The average Bonchev–Trinajstić information content (AvgIpc) is 2.37. The maximum atomic E-state index is 14.1. The molecule has 4 nitrogen and oxygen atoms in total. The molecule has 2 atom stereocenters. The smallest absolute Gasteiger partial charge is 0.311 e. The number of carbonyl (C=O) groups is 2. The summed E-state index contributed by atoms with van der Waals surface area (Å²) in [4.78, 5) is 23.7. The third-order valence-electron chi connectivity index (χ3n) is 3.57. The zero-order valence-electron chi connectivity index (χ0n) is 8.62. The van der Waals surface area contributed by atoms with Crippen molar-refractivity contribution in [3.8, 4) is 0 Å². The number of fused-ring (bicyclic) bond motifs is 2. The van der Waals surface area contributed by atoms with Gasteiger partial charge in [0.15, 0.2) is 0 Å². The monoisotopic (exact) mass is 215 g/mol. The van der Waals surface area contributed by atoms with E-state index >= 15 is 0 Å². The molecule has 2 fully saturated rings. The third-order valence-corrected chi connectivity index (χ3v) is 3.57. The molecule has 1 N–H and O–H groups in total. The zero-order chi connectivity index (χ0) is 11.3. The second kappa shape index (κ2) is 2.93. The standard InChI is InChI=1S/C10H14FNO3/c1-7(13)12-5-9(8(14)15)2-3-10(11,4-9)6-12/h2-6H2,1H3,(H,14,15). The lowest BCUT2D eigenvalue weighted by molar-refractivity contribution is -0.155. The first kappa shape index (κ1) is 10.4. The molecule has 0 aromatic carbocycles. The first-order chi connectivity index (χ1) is 6.87. The number of carboxylic acid groups (broad SMARTS) is 1. The predicted octanol–water partition coefficient (Wildman–Crippen LogP) is 0.812. The number of carbonyl (C=O) groups excluding carboxylic acids is 1. The maximum Gasteiger partial charge on any atom is 0.311 e. The van der Waals surface area contributed by atoms with Crippen LogP contribution in [0.5, 0.6) is 0 Å². The number of hydrogen-bond donors (Lipinski definition) is 1. The topological polar surface area (TPSA) is 57.6 Å². The van der Waals surface area contributed by atoms with Crippen LogP contribution in [0.25, 0.3) is 0 Å². The molecule has 5 heteroatoms. The molecule has 1 amide bonds. The number of rotatable bonds is 1. The maximum absolute atomic E-state index is 14.1. The van der Waals surface area contributed by atoms with Gasteiger partial charge >= 0.3 is 5.97 Å². The van der Waals surface area contributed by atoms with E-state index in [2.05, 4.69) is 0 Å². The van der Waals surface area contributed by atoms with Crippen molar-refractivity contribution in [1.82, 2.24) is 4.90 Å². The van der Waals surface area contributed by atoms with E-state index in [1.54, 1.807) is 0 Å². The van der Waals surface area contributed by atoms with Crippen LogP contribution in [-0.2, 0) is 9.59 Å². The molecule has 2 aliphatic rings. The molecule has 2 bridgehead atoms. The van der Waals surface area contributed by atoms with E-state index in [9.17, 15) is 14.0 Å². The lowest BCUT2D eigenvalue weighted by atomic mass is 9.81. The summed E-state index contributed by atoms with van der Waals surface area (Å²) in [6, 6.07) is 0. The Balaban J connectivity index is 2.29. The molecular formula is C10H14FNO3. The Kier molecular flexibility index (Phi) is 2.03. The second-order valence-corrected chi connectivity index (χ2v) is 4.79. The summed E-state index contributed by atoms with van der Waals surface area (Å²) in [5.74, 6) is -1.22. The quantitative estimate of drug-likeness (QED) is 0.704. The van der Waals surface area contributed by atoms with Crippen molar-refractivity contribution in [3.63, 3.8) is 0 Å². The van der Waals surface area contributed by atoms with Crippen LogP contribution in [0.1, 0.15) is 26.2 Å². The highest BCUT2D eigenvalue weighted by molar-refractivity contribution is 5.79. The van der Waals surface area contributed by atoms with Crippen LogP contribution >= 0.6 is 0 Å². The van der Waals surface area contributed by atoms with Crippen molar-refractivity contribution in [3.05, 3.63) is 0 Å². The Morgan fingerprint density at radius 1 is 1.33 bits per heavy atom. The molecule has 1 aliphatic heterocycles. The van der Waals surface area contributed by atoms with Gasteiger partial charge in [0, 0.05) is 19.9 Å². The Bertz CT molecular complexity index is 333. The van der Waals surface area contributed by atoms with Gasteiger partial charge in [0.05, 0.1) is 12.0 Å². The van der Waals surface area contributed by atoms with Gasteiger partial charge in [-0.05, 0) is 12.8 Å². The summed E-state index contributed by atoms with van der Waals surface area (Å²) in [5, 5.41) is 9.12. The van der Waals surface area contributed by atoms with Crippen molar-refractivity contribution >= 4 is 11.9 Å². The van der Waals surface area contributed by atoms with Crippen molar-refractivity contribution < 1.29 is 19.1 Å². The molecular weight excluding hydrogens is 201 g/mol. The molecule has 0 radical (unpaired) electrons. The van der Waals surface area contributed by atoms with Crippen LogP contribution in [-0.4, -0.2) is 40.6 Å². The number of nitrogens with zero attached hydrogens (tertiary/aromatic N) is 1. The SMILES string of the molecule is CC(=O)N1CC2(F)CCC(C(=O)O)(C1)C2. The van der Waals surface area contributed by atoms with Gasteiger partial charge in [0.25, 0.3) is 0 Å². The Hall–Kier alpha value is -1.13. The minimum Gasteiger partial charge on any atom is -0.481 e. The molecule has 84 valence electrons. The van der Waals surface area contributed by atoms with Crippen LogP contribution in [0.3, 0.4) is 0 Å². The Morgan fingerprint density at radius 2 is 2.00 bits per heavy atom. The van der Waals surface area contributed by atoms with Gasteiger partial charge in [-0.1, -0.05) is 0 Å². The van der Waals surface area contributed by atoms with Crippen LogP contribution in [0.15, 0.2) is 0 Å². The number of hydrogen-bond acceptors (Lipinski definition) is 2. The van der Waals surface area contributed by atoms with Crippen molar-refractivity contribution in [2.45, 2.75) is 31.9 Å².